The van der Waals surface area contributed by atoms with Gasteiger partial charge < -0.3 is 24.6 Å². The molecule has 2 N–H and O–H groups in total. The van der Waals surface area contributed by atoms with Gasteiger partial charge in [0.05, 0.1) is 19.1 Å². The van der Waals surface area contributed by atoms with Gasteiger partial charge >= 0.3 is 5.97 Å². The molecule has 1 aliphatic heterocycles. The van der Waals surface area contributed by atoms with E-state index in [2.05, 4.69) is 5.32 Å². The van der Waals surface area contributed by atoms with Crippen LogP contribution in [0.2, 0.25) is 0 Å². The molecule has 0 radical (unpaired) electrons. The van der Waals surface area contributed by atoms with Crippen molar-refractivity contribution in [2.24, 2.45) is 0 Å². The van der Waals surface area contributed by atoms with E-state index in [1.807, 2.05) is 6.92 Å². The van der Waals surface area contributed by atoms with Gasteiger partial charge in [0.15, 0.2) is 11.5 Å². The van der Waals surface area contributed by atoms with Gasteiger partial charge in [0.25, 0.3) is 5.91 Å². The van der Waals surface area contributed by atoms with Gasteiger partial charge in [-0.2, -0.15) is 0 Å². The van der Waals surface area contributed by atoms with Crippen LogP contribution in [-0.4, -0.2) is 30.4 Å². The molecular formula is C20H21NO6. The Morgan fingerprint density at radius 3 is 2.59 bits per heavy atom. The maximum absolute atomic E-state index is 12.6. The highest BCUT2D eigenvalue weighted by molar-refractivity contribution is 5.95. The predicted octanol–water partition coefficient (Wildman–Crippen LogP) is 3.15. The fourth-order valence-corrected chi connectivity index (χ4v) is 2.72. The van der Waals surface area contributed by atoms with Crippen LogP contribution in [0.3, 0.4) is 0 Å². The van der Waals surface area contributed by atoms with Gasteiger partial charge in [-0.25, -0.2) is 0 Å². The Bertz CT molecular complexity index is 818. The molecule has 7 heteroatoms. The Labute approximate surface area is 156 Å². The number of rotatable bonds is 8. The lowest BCUT2D eigenvalue weighted by Crippen LogP contribution is -2.30. The van der Waals surface area contributed by atoms with Gasteiger partial charge in [0, 0.05) is 5.56 Å². The smallest absolute Gasteiger partial charge is 0.305 e. The quantitative estimate of drug-likeness (QED) is 0.740. The second-order valence-electron chi connectivity index (χ2n) is 6.11. The topological polar surface area (TPSA) is 94.1 Å². The molecule has 0 unspecified atom stereocenters. The third-order valence-corrected chi connectivity index (χ3v) is 4.07. The monoisotopic (exact) mass is 371 g/mol. The molecule has 1 aliphatic rings. The van der Waals surface area contributed by atoms with E-state index in [0.29, 0.717) is 35.0 Å². The number of carboxylic acid groups (broad SMARTS) is 1. The van der Waals surface area contributed by atoms with Crippen LogP contribution in [0.5, 0.6) is 17.2 Å². The average Bonchev–Trinajstić information content (AvgIpc) is 3.13. The van der Waals surface area contributed by atoms with Crippen molar-refractivity contribution in [2.75, 3.05) is 13.4 Å². The minimum absolute atomic E-state index is 0.120. The van der Waals surface area contributed by atoms with E-state index < -0.39 is 12.0 Å². The van der Waals surface area contributed by atoms with Gasteiger partial charge in [-0.05, 0) is 42.3 Å². The lowest BCUT2D eigenvalue weighted by molar-refractivity contribution is -0.137. The summed E-state index contributed by atoms with van der Waals surface area (Å²) in [5.41, 5.74) is 1.06. The average molecular weight is 371 g/mol. The van der Waals surface area contributed by atoms with E-state index in [9.17, 15) is 14.7 Å². The normalized spacial score (nSPS) is 13.1. The summed E-state index contributed by atoms with van der Waals surface area (Å²) in [6.07, 6.45) is 0.667. The second kappa shape index (κ2) is 8.44. The van der Waals surface area contributed by atoms with Crippen LogP contribution in [0, 0.1) is 0 Å². The van der Waals surface area contributed by atoms with E-state index in [-0.39, 0.29) is 19.1 Å². The van der Waals surface area contributed by atoms with Crippen molar-refractivity contribution in [1.82, 2.24) is 5.32 Å². The Kier molecular flexibility index (Phi) is 5.80. The van der Waals surface area contributed by atoms with Crippen molar-refractivity contribution in [3.63, 3.8) is 0 Å². The van der Waals surface area contributed by atoms with E-state index >= 15 is 0 Å². The fourth-order valence-electron chi connectivity index (χ4n) is 2.72. The summed E-state index contributed by atoms with van der Waals surface area (Å²) < 4.78 is 16.0. The van der Waals surface area contributed by atoms with E-state index in [1.54, 1.807) is 42.5 Å². The number of aliphatic carboxylic acids is 1. The molecule has 7 nitrogen and oxygen atoms in total. The van der Waals surface area contributed by atoms with Crippen LogP contribution in [0.25, 0.3) is 0 Å². The van der Waals surface area contributed by atoms with Crippen molar-refractivity contribution >= 4 is 11.9 Å². The van der Waals surface area contributed by atoms with Crippen molar-refractivity contribution in [2.45, 2.75) is 25.8 Å². The highest BCUT2D eigenvalue weighted by Crippen LogP contribution is 2.32. The SMILES string of the molecule is CCCOc1ccc([C@H](CC(=O)O)NC(=O)c2ccc3c(c2)OCO3)cc1. The van der Waals surface area contributed by atoms with Gasteiger partial charge in [0.1, 0.15) is 5.75 Å². The van der Waals surface area contributed by atoms with E-state index in [0.717, 1.165) is 6.42 Å². The predicted molar refractivity (Wildman–Crippen MR) is 97.3 cm³/mol. The number of amides is 1. The molecule has 2 aromatic carbocycles. The summed E-state index contributed by atoms with van der Waals surface area (Å²) in [5, 5.41) is 12.0. The van der Waals surface area contributed by atoms with Crippen molar-refractivity contribution < 1.29 is 28.9 Å². The van der Waals surface area contributed by atoms with E-state index in [4.69, 9.17) is 14.2 Å². The summed E-state index contributed by atoms with van der Waals surface area (Å²) in [4.78, 5) is 23.8. The van der Waals surface area contributed by atoms with E-state index in [1.165, 1.54) is 0 Å². The number of hydrogen-bond donors (Lipinski definition) is 2. The molecule has 0 bridgehead atoms. The number of nitrogens with one attached hydrogen (secondary N) is 1. The summed E-state index contributed by atoms with van der Waals surface area (Å²) in [7, 11) is 0. The molecule has 2 aromatic rings. The van der Waals surface area contributed by atoms with Crippen LogP contribution >= 0.6 is 0 Å². The molecule has 27 heavy (non-hydrogen) atoms. The zero-order valence-electron chi connectivity index (χ0n) is 14.9. The number of carbonyl (C=O) groups is 2. The molecule has 1 atom stereocenters. The number of fused-ring (bicyclic) bond motifs is 1. The molecule has 1 heterocycles. The third kappa shape index (κ3) is 4.69. The van der Waals surface area contributed by atoms with Crippen LogP contribution in [-0.2, 0) is 4.79 Å². The molecule has 1 amide bonds. The van der Waals surface area contributed by atoms with Crippen molar-refractivity contribution in [3.8, 4) is 17.2 Å². The first-order valence-electron chi connectivity index (χ1n) is 8.72. The first-order valence-corrected chi connectivity index (χ1v) is 8.72. The molecule has 0 saturated carbocycles. The number of carboxylic acids is 1. The second-order valence-corrected chi connectivity index (χ2v) is 6.11. The summed E-state index contributed by atoms with van der Waals surface area (Å²) in [6.45, 7) is 2.75. The van der Waals surface area contributed by atoms with Crippen LogP contribution in [0.1, 0.15) is 41.7 Å². The van der Waals surface area contributed by atoms with Crippen molar-refractivity contribution in [1.29, 1.82) is 0 Å². The Morgan fingerprint density at radius 2 is 1.89 bits per heavy atom. The Hall–Kier alpha value is -3.22. The van der Waals surface area contributed by atoms with Crippen LogP contribution < -0.4 is 19.5 Å². The number of benzene rings is 2. The third-order valence-electron chi connectivity index (χ3n) is 4.07. The fraction of sp³-hybridized carbons (Fsp3) is 0.300. The molecule has 0 aromatic heterocycles. The Morgan fingerprint density at radius 1 is 1.15 bits per heavy atom. The van der Waals surface area contributed by atoms with Crippen LogP contribution in [0.15, 0.2) is 42.5 Å². The maximum Gasteiger partial charge on any atom is 0.305 e. The van der Waals surface area contributed by atoms with Gasteiger partial charge in [-0.3, -0.25) is 9.59 Å². The molecule has 0 aliphatic carbocycles. The minimum atomic E-state index is -1.00. The molecule has 142 valence electrons. The lowest BCUT2D eigenvalue weighted by Gasteiger charge is -2.18. The summed E-state index contributed by atoms with van der Waals surface area (Å²) in [6, 6.07) is 11.2. The summed E-state index contributed by atoms with van der Waals surface area (Å²) in [5.74, 6) is 0.395. The van der Waals surface area contributed by atoms with Crippen LogP contribution in [0.4, 0.5) is 0 Å². The molecule has 0 saturated heterocycles. The first-order chi connectivity index (χ1) is 13.1. The number of ether oxygens (including phenoxy) is 3. The largest absolute Gasteiger partial charge is 0.494 e. The number of carbonyl (C=O) groups excluding carboxylic acids is 1. The molecular weight excluding hydrogens is 350 g/mol. The van der Waals surface area contributed by atoms with Crippen molar-refractivity contribution in [3.05, 3.63) is 53.6 Å². The standard InChI is InChI=1S/C20H21NO6/c1-2-9-25-15-6-3-13(4-7-15)16(11-19(22)23)21-20(24)14-5-8-17-18(10-14)27-12-26-17/h3-8,10,16H,2,9,11-12H2,1H3,(H,21,24)(H,22,23)/t16-/m0/s1. The highest BCUT2D eigenvalue weighted by Gasteiger charge is 2.21. The van der Waals surface area contributed by atoms with Gasteiger partial charge in [0.2, 0.25) is 6.79 Å². The van der Waals surface area contributed by atoms with Gasteiger partial charge in [-0.1, -0.05) is 19.1 Å². The maximum atomic E-state index is 12.6. The highest BCUT2D eigenvalue weighted by atomic mass is 16.7. The number of hydrogen-bond acceptors (Lipinski definition) is 5. The first kappa shape index (κ1) is 18.6. The zero-order valence-corrected chi connectivity index (χ0v) is 14.9. The summed E-state index contributed by atoms with van der Waals surface area (Å²) >= 11 is 0. The zero-order chi connectivity index (χ0) is 19.2. The molecule has 0 spiro atoms. The Balaban J connectivity index is 1.74. The van der Waals surface area contributed by atoms with Gasteiger partial charge in [-0.15, -0.1) is 0 Å². The molecule has 3 rings (SSSR count). The lowest BCUT2D eigenvalue weighted by atomic mass is 10.0. The minimum Gasteiger partial charge on any atom is -0.494 e. The molecule has 0 fully saturated rings.